The lowest BCUT2D eigenvalue weighted by Gasteiger charge is -2.19. The van der Waals surface area contributed by atoms with Gasteiger partial charge in [0.2, 0.25) is 0 Å². The fourth-order valence-corrected chi connectivity index (χ4v) is 5.44. The van der Waals surface area contributed by atoms with Crippen LogP contribution < -0.4 is 14.2 Å². The van der Waals surface area contributed by atoms with Crippen LogP contribution in [0.2, 0.25) is 0 Å². The first-order valence-corrected chi connectivity index (χ1v) is 13.4. The third-order valence-electron chi connectivity index (χ3n) is 7.53. The Hall–Kier alpha value is -3.15. The summed E-state index contributed by atoms with van der Waals surface area (Å²) in [5.41, 5.74) is 6.06. The zero-order chi connectivity index (χ0) is 25.6. The molecular formula is C32H39ClN2O3. The van der Waals surface area contributed by atoms with Crippen LogP contribution in [0.4, 0.5) is 0 Å². The lowest BCUT2D eigenvalue weighted by atomic mass is 10.1. The van der Waals surface area contributed by atoms with Crippen molar-refractivity contribution in [1.29, 1.82) is 0 Å². The predicted molar refractivity (Wildman–Crippen MR) is 158 cm³/mol. The van der Waals surface area contributed by atoms with Crippen molar-refractivity contribution in [2.45, 2.75) is 39.2 Å². The van der Waals surface area contributed by atoms with E-state index >= 15 is 0 Å². The molecule has 1 fully saturated rings. The van der Waals surface area contributed by atoms with Crippen LogP contribution in [0.25, 0.3) is 22.2 Å². The minimum Gasteiger partial charge on any atom is -0.497 e. The second-order valence-corrected chi connectivity index (χ2v) is 9.92. The molecule has 2 heterocycles. The molecule has 0 saturated carbocycles. The van der Waals surface area contributed by atoms with E-state index in [4.69, 9.17) is 14.2 Å². The molecule has 0 amide bonds. The fraction of sp³-hybridized carbons (Fsp3) is 0.375. The van der Waals surface area contributed by atoms with Crippen LogP contribution in [-0.4, -0.2) is 49.9 Å². The van der Waals surface area contributed by atoms with Gasteiger partial charge in [0, 0.05) is 24.0 Å². The van der Waals surface area contributed by atoms with E-state index in [1.807, 2.05) is 18.2 Å². The van der Waals surface area contributed by atoms with Gasteiger partial charge in [-0.05, 0) is 104 Å². The highest BCUT2D eigenvalue weighted by atomic mass is 35.5. The van der Waals surface area contributed by atoms with Gasteiger partial charge in [-0.1, -0.05) is 25.0 Å². The van der Waals surface area contributed by atoms with Crippen LogP contribution in [0.15, 0.2) is 66.7 Å². The summed E-state index contributed by atoms with van der Waals surface area (Å²) in [6, 6.07) is 23.2. The first-order chi connectivity index (χ1) is 18.2. The third-order valence-corrected chi connectivity index (χ3v) is 7.53. The summed E-state index contributed by atoms with van der Waals surface area (Å²) in [5, 5.41) is 1.21. The lowest BCUT2D eigenvalue weighted by Crippen LogP contribution is -2.29. The van der Waals surface area contributed by atoms with Gasteiger partial charge in [0.15, 0.2) is 0 Å². The number of rotatable bonds is 9. The molecule has 5 nitrogen and oxygen atoms in total. The maximum Gasteiger partial charge on any atom is 0.119 e. The van der Waals surface area contributed by atoms with Crippen molar-refractivity contribution in [3.63, 3.8) is 0 Å². The van der Waals surface area contributed by atoms with E-state index < -0.39 is 0 Å². The Kier molecular flexibility index (Phi) is 9.59. The van der Waals surface area contributed by atoms with Crippen molar-refractivity contribution in [1.82, 2.24) is 9.47 Å². The van der Waals surface area contributed by atoms with E-state index in [1.54, 1.807) is 14.2 Å². The van der Waals surface area contributed by atoms with Gasteiger partial charge in [-0.25, -0.2) is 0 Å². The second kappa shape index (κ2) is 13.1. The molecule has 38 heavy (non-hydrogen) atoms. The van der Waals surface area contributed by atoms with Gasteiger partial charge in [0.05, 0.1) is 19.9 Å². The third kappa shape index (κ3) is 6.28. The van der Waals surface area contributed by atoms with Crippen molar-refractivity contribution < 1.29 is 14.2 Å². The molecular weight excluding hydrogens is 496 g/mol. The highest BCUT2D eigenvalue weighted by Crippen LogP contribution is 2.36. The van der Waals surface area contributed by atoms with Crippen LogP contribution >= 0.6 is 12.4 Å². The van der Waals surface area contributed by atoms with Crippen molar-refractivity contribution in [3.8, 4) is 28.5 Å². The van der Waals surface area contributed by atoms with Crippen molar-refractivity contribution in [2.75, 3.05) is 40.5 Å². The Bertz CT molecular complexity index is 1310. The van der Waals surface area contributed by atoms with Gasteiger partial charge in [-0.3, -0.25) is 4.90 Å². The molecule has 5 rings (SSSR count). The maximum absolute atomic E-state index is 6.10. The topological polar surface area (TPSA) is 35.9 Å². The van der Waals surface area contributed by atoms with Gasteiger partial charge >= 0.3 is 0 Å². The normalized spacial score (nSPS) is 14.1. The van der Waals surface area contributed by atoms with Gasteiger partial charge in [-0.2, -0.15) is 0 Å². The van der Waals surface area contributed by atoms with Gasteiger partial charge in [-0.15, -0.1) is 12.4 Å². The molecule has 0 radical (unpaired) electrons. The number of hydrogen-bond acceptors (Lipinski definition) is 4. The number of halogens is 1. The van der Waals surface area contributed by atoms with Gasteiger partial charge < -0.3 is 18.8 Å². The Morgan fingerprint density at radius 2 is 1.37 bits per heavy atom. The first-order valence-electron chi connectivity index (χ1n) is 13.4. The Morgan fingerprint density at radius 3 is 2.03 bits per heavy atom. The monoisotopic (exact) mass is 534 g/mol. The molecule has 0 bridgehead atoms. The fourth-order valence-electron chi connectivity index (χ4n) is 5.44. The zero-order valence-corrected chi connectivity index (χ0v) is 23.6. The quantitative estimate of drug-likeness (QED) is 0.225. The smallest absolute Gasteiger partial charge is 0.119 e. The number of benzene rings is 3. The predicted octanol–water partition coefficient (Wildman–Crippen LogP) is 7.36. The van der Waals surface area contributed by atoms with E-state index in [2.05, 4.69) is 64.9 Å². The first kappa shape index (κ1) is 27.9. The summed E-state index contributed by atoms with van der Waals surface area (Å²) < 4.78 is 19.4. The summed E-state index contributed by atoms with van der Waals surface area (Å²) in [4.78, 5) is 2.54. The largest absolute Gasteiger partial charge is 0.497 e. The number of nitrogens with zero attached hydrogens (tertiary/aromatic N) is 2. The van der Waals surface area contributed by atoms with Crippen LogP contribution in [0.1, 0.15) is 36.8 Å². The molecule has 202 valence electrons. The molecule has 1 saturated heterocycles. The highest BCUT2D eigenvalue weighted by Gasteiger charge is 2.17. The van der Waals surface area contributed by atoms with Gasteiger partial charge in [0.25, 0.3) is 0 Å². The summed E-state index contributed by atoms with van der Waals surface area (Å²) >= 11 is 0. The number of likely N-dealkylation sites (tertiary alicyclic amines) is 1. The number of ether oxygens (including phenoxy) is 3. The molecule has 0 spiro atoms. The zero-order valence-electron chi connectivity index (χ0n) is 22.7. The van der Waals surface area contributed by atoms with Crippen molar-refractivity contribution >= 4 is 23.3 Å². The lowest BCUT2D eigenvalue weighted by molar-refractivity contribution is 0.214. The number of fused-ring (bicyclic) bond motifs is 1. The van der Waals surface area contributed by atoms with Crippen molar-refractivity contribution in [2.24, 2.45) is 0 Å². The van der Waals surface area contributed by atoms with E-state index in [1.165, 1.54) is 72.1 Å². The molecule has 6 heteroatoms. The van der Waals surface area contributed by atoms with E-state index in [9.17, 15) is 0 Å². The van der Waals surface area contributed by atoms with E-state index in [0.29, 0.717) is 0 Å². The highest BCUT2D eigenvalue weighted by molar-refractivity contribution is 5.92. The summed E-state index contributed by atoms with van der Waals surface area (Å²) in [6.07, 6.45) is 5.35. The SMILES string of the molecule is COc1ccc(-c2c(C)c3cc(OC)ccc3n2Cc2ccc(OCCN3CCCCCC3)cc2)cc1.Cl. The molecule has 3 aromatic carbocycles. The molecule has 1 aliphatic heterocycles. The Balaban J connectivity index is 0.00000336. The average Bonchev–Trinajstić information content (AvgIpc) is 3.08. The molecule has 0 unspecified atom stereocenters. The average molecular weight is 535 g/mol. The van der Waals surface area contributed by atoms with Crippen LogP contribution in [0, 0.1) is 6.92 Å². The molecule has 0 atom stereocenters. The van der Waals surface area contributed by atoms with Crippen LogP contribution in [-0.2, 0) is 6.54 Å². The molecule has 0 aliphatic carbocycles. The van der Waals surface area contributed by atoms with Gasteiger partial charge in [0.1, 0.15) is 23.9 Å². The van der Waals surface area contributed by atoms with E-state index in [0.717, 1.165) is 36.9 Å². The van der Waals surface area contributed by atoms with E-state index in [-0.39, 0.29) is 12.4 Å². The second-order valence-electron chi connectivity index (χ2n) is 9.92. The minimum absolute atomic E-state index is 0. The molecule has 0 N–H and O–H groups in total. The Labute approximate surface area is 232 Å². The number of aromatic nitrogens is 1. The van der Waals surface area contributed by atoms with Crippen LogP contribution in [0.3, 0.4) is 0 Å². The summed E-state index contributed by atoms with van der Waals surface area (Å²) in [5.74, 6) is 2.67. The van der Waals surface area contributed by atoms with Crippen molar-refractivity contribution in [3.05, 3.63) is 77.9 Å². The Morgan fingerprint density at radius 1 is 0.737 bits per heavy atom. The molecule has 4 aromatic rings. The summed E-state index contributed by atoms with van der Waals surface area (Å²) in [7, 11) is 3.42. The minimum atomic E-state index is 0. The molecule has 1 aliphatic rings. The maximum atomic E-state index is 6.10. The number of hydrogen-bond donors (Lipinski definition) is 0. The number of aryl methyl sites for hydroxylation is 1. The van der Waals surface area contributed by atoms with Crippen LogP contribution in [0.5, 0.6) is 17.2 Å². The number of methoxy groups -OCH3 is 2. The molecule has 1 aromatic heterocycles. The standard InChI is InChI=1S/C32H38N2O3.ClH/c1-24-30-22-29(36-3)16-17-31(30)34(32(24)26-10-14-27(35-2)15-11-26)23-25-8-12-28(13-9-25)37-21-20-33-18-6-4-5-7-19-33;/h8-17,22H,4-7,18-21,23H2,1-3H3;1H. The summed E-state index contributed by atoms with van der Waals surface area (Å²) in [6.45, 7) is 7.12.